The molecule has 142 valence electrons. The van der Waals surface area contributed by atoms with E-state index in [1.54, 1.807) is 16.8 Å². The zero-order chi connectivity index (χ0) is 19.5. The number of carbonyl (C=O) groups is 1. The number of benzene rings is 1. The summed E-state index contributed by atoms with van der Waals surface area (Å²) in [5, 5.41) is 11.4. The van der Waals surface area contributed by atoms with E-state index in [4.69, 9.17) is 16.1 Å². The number of nitrogens with one attached hydrogen (secondary N) is 1. The van der Waals surface area contributed by atoms with E-state index >= 15 is 0 Å². The van der Waals surface area contributed by atoms with Crippen LogP contribution in [0.25, 0.3) is 11.0 Å². The van der Waals surface area contributed by atoms with Gasteiger partial charge in [-0.15, -0.1) is 0 Å². The first-order chi connectivity index (χ1) is 13.6. The average molecular weight is 399 g/mol. The zero-order valence-corrected chi connectivity index (χ0v) is 15.3. The van der Waals surface area contributed by atoms with Crippen LogP contribution >= 0.6 is 11.6 Å². The molecule has 0 saturated carbocycles. The van der Waals surface area contributed by atoms with E-state index in [0.717, 1.165) is 5.56 Å². The summed E-state index contributed by atoms with van der Waals surface area (Å²) in [5.74, 6) is -0.238. The second kappa shape index (κ2) is 7.65. The molecule has 0 atom stereocenters. The first-order valence-corrected chi connectivity index (χ1v) is 8.84. The third-order valence-electron chi connectivity index (χ3n) is 4.14. The van der Waals surface area contributed by atoms with Crippen molar-refractivity contribution in [2.24, 2.45) is 0 Å². The Labute approximate surface area is 163 Å². The number of nitrogens with zero attached hydrogens (tertiary/aromatic N) is 5. The lowest BCUT2D eigenvalue weighted by molar-refractivity contribution is 0.0915. The Morgan fingerprint density at radius 3 is 2.96 bits per heavy atom. The Morgan fingerprint density at radius 1 is 1.29 bits per heavy atom. The van der Waals surface area contributed by atoms with Crippen molar-refractivity contribution in [1.82, 2.24) is 29.8 Å². The van der Waals surface area contributed by atoms with Crippen molar-refractivity contribution < 1.29 is 9.32 Å². The molecule has 1 N–H and O–H groups in total. The molecule has 0 unspecified atom stereocenters. The monoisotopic (exact) mass is 398 g/mol. The molecule has 28 heavy (non-hydrogen) atoms. The van der Waals surface area contributed by atoms with Crippen molar-refractivity contribution >= 4 is 28.5 Å². The largest absolute Gasteiger partial charge is 0.351 e. The predicted molar refractivity (Wildman–Crippen MR) is 101 cm³/mol. The Morgan fingerprint density at radius 2 is 2.18 bits per heavy atom. The highest BCUT2D eigenvalue weighted by molar-refractivity contribution is 6.30. The van der Waals surface area contributed by atoms with Crippen LogP contribution in [-0.2, 0) is 13.1 Å². The van der Waals surface area contributed by atoms with Gasteiger partial charge in [-0.2, -0.15) is 5.10 Å². The Balaban J connectivity index is 1.48. The van der Waals surface area contributed by atoms with Crippen LogP contribution in [0, 0.1) is 0 Å². The molecule has 10 heteroatoms. The zero-order valence-electron chi connectivity index (χ0n) is 14.6. The molecule has 0 aliphatic rings. The lowest BCUT2D eigenvalue weighted by Gasteiger charge is -2.07. The van der Waals surface area contributed by atoms with Gasteiger partial charge in [-0.25, -0.2) is 9.67 Å². The fourth-order valence-electron chi connectivity index (χ4n) is 2.80. The lowest BCUT2D eigenvalue weighted by atomic mass is 10.2. The van der Waals surface area contributed by atoms with Crippen molar-refractivity contribution in [1.29, 1.82) is 0 Å². The summed E-state index contributed by atoms with van der Waals surface area (Å²) in [4.78, 5) is 28.9. The van der Waals surface area contributed by atoms with E-state index in [9.17, 15) is 9.59 Å². The molecule has 9 nitrogen and oxygen atoms in total. The van der Waals surface area contributed by atoms with Gasteiger partial charge >= 0.3 is 0 Å². The fraction of sp³-hybridized carbons (Fsp3) is 0.167. The summed E-state index contributed by atoms with van der Waals surface area (Å²) in [6.45, 7) is 1.01. The number of hydrogen-bond donors (Lipinski definition) is 1. The molecule has 0 fully saturated rings. The van der Waals surface area contributed by atoms with Gasteiger partial charge in [0.25, 0.3) is 11.5 Å². The topological polar surface area (TPSA) is 108 Å². The first-order valence-electron chi connectivity index (χ1n) is 8.46. The Bertz CT molecular complexity index is 1180. The Kier molecular flexibility index (Phi) is 4.90. The maximum absolute atomic E-state index is 12.7. The molecule has 1 amide bonds. The maximum atomic E-state index is 12.7. The number of fused-ring (bicyclic) bond motifs is 1. The van der Waals surface area contributed by atoms with Crippen LogP contribution in [-0.4, -0.2) is 36.9 Å². The summed E-state index contributed by atoms with van der Waals surface area (Å²) in [6.07, 6.45) is 4.36. The molecule has 0 spiro atoms. The molecule has 4 rings (SSSR count). The minimum atomic E-state index is -0.370. The maximum Gasteiger partial charge on any atom is 0.289 e. The van der Waals surface area contributed by atoms with Gasteiger partial charge in [0.15, 0.2) is 5.65 Å². The number of amides is 1. The number of hydrogen-bond acceptors (Lipinski definition) is 6. The molecule has 3 aromatic heterocycles. The molecular weight excluding hydrogens is 384 g/mol. The minimum Gasteiger partial charge on any atom is -0.351 e. The highest BCUT2D eigenvalue weighted by Crippen LogP contribution is 2.12. The van der Waals surface area contributed by atoms with Crippen LogP contribution < -0.4 is 10.9 Å². The van der Waals surface area contributed by atoms with Crippen LogP contribution in [0.5, 0.6) is 0 Å². The van der Waals surface area contributed by atoms with Gasteiger partial charge in [-0.05, 0) is 17.7 Å². The van der Waals surface area contributed by atoms with Crippen molar-refractivity contribution in [2.45, 2.75) is 13.1 Å². The van der Waals surface area contributed by atoms with Crippen molar-refractivity contribution in [3.05, 3.63) is 75.8 Å². The van der Waals surface area contributed by atoms with Gasteiger partial charge in [0.05, 0.1) is 25.5 Å². The van der Waals surface area contributed by atoms with Crippen LogP contribution in [0.2, 0.25) is 5.02 Å². The van der Waals surface area contributed by atoms with E-state index < -0.39 is 0 Å². The normalized spacial score (nSPS) is 11.0. The summed E-state index contributed by atoms with van der Waals surface area (Å²) in [5.41, 5.74) is 1.17. The van der Waals surface area contributed by atoms with Gasteiger partial charge in [0.1, 0.15) is 11.7 Å². The summed E-state index contributed by atoms with van der Waals surface area (Å²) >= 11 is 6.00. The standard InChI is InChI=1S/C18H15ClN6O3/c19-13-3-1-2-12(8-13)10-24-11-21-16-14(18(24)27)9-22-25(16)7-6-20-17(26)15-4-5-23-28-15/h1-5,8-9,11H,6-7,10H2,(H,20,26). The first kappa shape index (κ1) is 17.9. The second-order valence-electron chi connectivity index (χ2n) is 6.05. The summed E-state index contributed by atoms with van der Waals surface area (Å²) in [6, 6.07) is 8.78. The molecule has 3 heterocycles. The van der Waals surface area contributed by atoms with Crippen molar-refractivity contribution in [2.75, 3.05) is 6.54 Å². The third kappa shape index (κ3) is 3.65. The lowest BCUT2D eigenvalue weighted by Crippen LogP contribution is -2.27. The van der Waals surface area contributed by atoms with Crippen molar-refractivity contribution in [3.8, 4) is 0 Å². The number of halogens is 1. The number of aromatic nitrogens is 5. The van der Waals surface area contributed by atoms with Gasteiger partial charge in [0, 0.05) is 17.6 Å². The highest BCUT2D eigenvalue weighted by Gasteiger charge is 2.12. The van der Waals surface area contributed by atoms with E-state index in [-0.39, 0.29) is 17.2 Å². The molecular formula is C18H15ClN6O3. The highest BCUT2D eigenvalue weighted by atomic mass is 35.5. The molecule has 0 radical (unpaired) electrons. The smallest absolute Gasteiger partial charge is 0.289 e. The summed E-state index contributed by atoms with van der Waals surface area (Å²) < 4.78 is 7.87. The molecule has 0 bridgehead atoms. The molecule has 0 saturated heterocycles. The van der Waals surface area contributed by atoms with Crippen molar-refractivity contribution in [3.63, 3.8) is 0 Å². The van der Waals surface area contributed by atoms with E-state index in [1.807, 2.05) is 12.1 Å². The van der Waals surface area contributed by atoms with Gasteiger partial charge in [-0.3, -0.25) is 14.2 Å². The average Bonchev–Trinajstić information content (AvgIpc) is 3.35. The number of carbonyl (C=O) groups excluding carboxylic acids is 1. The van der Waals surface area contributed by atoms with Crippen LogP contribution in [0.4, 0.5) is 0 Å². The molecule has 0 aliphatic carbocycles. The molecule has 0 aliphatic heterocycles. The fourth-order valence-corrected chi connectivity index (χ4v) is 3.01. The third-order valence-corrected chi connectivity index (χ3v) is 4.37. The van der Waals surface area contributed by atoms with E-state index in [0.29, 0.717) is 35.7 Å². The Hall–Kier alpha value is -3.46. The SMILES string of the molecule is O=C(NCCn1ncc2c(=O)n(Cc3cccc(Cl)c3)cnc21)c1ccno1. The van der Waals surface area contributed by atoms with Crippen LogP contribution in [0.15, 0.2) is 58.4 Å². The van der Waals surface area contributed by atoms with Crippen LogP contribution in [0.3, 0.4) is 0 Å². The minimum absolute atomic E-state index is 0.132. The van der Waals surface area contributed by atoms with E-state index in [2.05, 4.69) is 20.6 Å². The van der Waals surface area contributed by atoms with Crippen LogP contribution in [0.1, 0.15) is 16.1 Å². The van der Waals surface area contributed by atoms with Gasteiger partial charge < -0.3 is 9.84 Å². The summed E-state index contributed by atoms with van der Waals surface area (Å²) in [7, 11) is 0. The molecule has 4 aromatic rings. The predicted octanol–water partition coefficient (Wildman–Crippen LogP) is 1.71. The number of rotatable bonds is 6. The van der Waals surface area contributed by atoms with Gasteiger partial charge in [-0.1, -0.05) is 28.9 Å². The quantitative estimate of drug-likeness (QED) is 0.529. The molecule has 1 aromatic carbocycles. The van der Waals surface area contributed by atoms with Gasteiger partial charge in [0.2, 0.25) is 5.76 Å². The second-order valence-corrected chi connectivity index (χ2v) is 6.48. The van der Waals surface area contributed by atoms with E-state index in [1.165, 1.54) is 29.4 Å².